The molecule has 2 aliphatic rings. The summed E-state index contributed by atoms with van der Waals surface area (Å²) in [6, 6.07) is 3.07. The SMILES string of the molecule is Cc1cc(OC2CCN(C(=O)C3CCN(C)CC3)C2)cc(=O)o1. The highest BCUT2D eigenvalue weighted by Crippen LogP contribution is 2.23. The average molecular weight is 320 g/mol. The fourth-order valence-corrected chi connectivity index (χ4v) is 3.37. The summed E-state index contributed by atoms with van der Waals surface area (Å²) in [5.74, 6) is 1.46. The Labute approximate surface area is 136 Å². The van der Waals surface area contributed by atoms with E-state index < -0.39 is 5.63 Å². The van der Waals surface area contributed by atoms with Crippen LogP contribution in [0, 0.1) is 12.8 Å². The number of ether oxygens (including phenoxy) is 1. The molecule has 6 nitrogen and oxygen atoms in total. The van der Waals surface area contributed by atoms with E-state index in [2.05, 4.69) is 11.9 Å². The molecule has 23 heavy (non-hydrogen) atoms. The topological polar surface area (TPSA) is 63.0 Å². The van der Waals surface area contributed by atoms with E-state index >= 15 is 0 Å². The molecule has 0 aliphatic carbocycles. The summed E-state index contributed by atoms with van der Waals surface area (Å²) in [5, 5.41) is 0. The highest BCUT2D eigenvalue weighted by atomic mass is 16.5. The van der Waals surface area contributed by atoms with Crippen molar-refractivity contribution in [2.45, 2.75) is 32.3 Å². The Kier molecular flexibility index (Phi) is 4.71. The van der Waals surface area contributed by atoms with Crippen molar-refractivity contribution in [3.8, 4) is 5.75 Å². The standard InChI is InChI=1S/C17H24N2O4/c1-12-9-15(10-16(20)22-12)23-14-5-8-19(11-14)17(21)13-3-6-18(2)7-4-13/h9-10,13-14H,3-8,11H2,1-2H3. The van der Waals surface area contributed by atoms with E-state index in [9.17, 15) is 9.59 Å². The lowest BCUT2D eigenvalue weighted by Crippen LogP contribution is -2.41. The van der Waals surface area contributed by atoms with Gasteiger partial charge in [0.15, 0.2) is 0 Å². The molecule has 1 amide bonds. The minimum atomic E-state index is -0.405. The predicted molar refractivity (Wildman–Crippen MR) is 85.5 cm³/mol. The van der Waals surface area contributed by atoms with E-state index in [4.69, 9.17) is 9.15 Å². The van der Waals surface area contributed by atoms with E-state index in [1.165, 1.54) is 6.07 Å². The Morgan fingerprint density at radius 3 is 2.65 bits per heavy atom. The van der Waals surface area contributed by atoms with Gasteiger partial charge in [0.2, 0.25) is 5.91 Å². The molecule has 0 aromatic carbocycles. The van der Waals surface area contributed by atoms with Crippen LogP contribution in [0.2, 0.25) is 0 Å². The van der Waals surface area contributed by atoms with Crippen LogP contribution in [0.4, 0.5) is 0 Å². The first kappa shape index (κ1) is 16.1. The third kappa shape index (κ3) is 3.93. The molecule has 0 saturated carbocycles. The van der Waals surface area contributed by atoms with Gasteiger partial charge in [-0.05, 0) is 39.9 Å². The van der Waals surface area contributed by atoms with Crippen LogP contribution in [0.1, 0.15) is 25.0 Å². The summed E-state index contributed by atoms with van der Waals surface area (Å²) >= 11 is 0. The van der Waals surface area contributed by atoms with E-state index in [0.717, 1.165) is 38.9 Å². The normalized spacial score (nSPS) is 23.2. The average Bonchev–Trinajstić information content (AvgIpc) is 2.94. The van der Waals surface area contributed by atoms with Crippen LogP contribution in [0.15, 0.2) is 21.3 Å². The van der Waals surface area contributed by atoms with E-state index in [-0.39, 0.29) is 17.9 Å². The number of hydrogen-bond donors (Lipinski definition) is 0. The minimum absolute atomic E-state index is 0.0496. The van der Waals surface area contributed by atoms with Gasteiger partial charge in [-0.2, -0.15) is 0 Å². The first-order valence-electron chi connectivity index (χ1n) is 8.27. The Morgan fingerprint density at radius 1 is 1.22 bits per heavy atom. The predicted octanol–water partition coefficient (Wildman–Crippen LogP) is 1.27. The number of likely N-dealkylation sites (tertiary alicyclic amines) is 2. The van der Waals surface area contributed by atoms with Crippen molar-refractivity contribution in [2.75, 3.05) is 33.2 Å². The second kappa shape index (κ2) is 6.74. The molecule has 0 bridgehead atoms. The van der Waals surface area contributed by atoms with Gasteiger partial charge >= 0.3 is 5.63 Å². The maximum absolute atomic E-state index is 12.6. The fourth-order valence-electron chi connectivity index (χ4n) is 3.37. The molecule has 2 aliphatic heterocycles. The Bertz CT molecular complexity index is 619. The Balaban J connectivity index is 1.55. The van der Waals surface area contributed by atoms with E-state index in [1.807, 2.05) is 4.90 Å². The largest absolute Gasteiger partial charge is 0.488 e. The summed E-state index contributed by atoms with van der Waals surface area (Å²) in [6.07, 6.45) is 2.64. The molecule has 2 fully saturated rings. The third-order valence-electron chi connectivity index (χ3n) is 4.69. The zero-order valence-electron chi connectivity index (χ0n) is 13.8. The van der Waals surface area contributed by atoms with Crippen molar-refractivity contribution in [3.05, 3.63) is 28.3 Å². The van der Waals surface area contributed by atoms with E-state index in [0.29, 0.717) is 18.1 Å². The van der Waals surface area contributed by atoms with Crippen LogP contribution in [0.3, 0.4) is 0 Å². The van der Waals surface area contributed by atoms with Gasteiger partial charge in [0.05, 0.1) is 12.6 Å². The smallest absolute Gasteiger partial charge is 0.339 e. The number of nitrogens with zero attached hydrogens (tertiary/aromatic N) is 2. The zero-order valence-corrected chi connectivity index (χ0v) is 13.8. The van der Waals surface area contributed by atoms with Crippen molar-refractivity contribution in [2.24, 2.45) is 5.92 Å². The lowest BCUT2D eigenvalue weighted by atomic mass is 9.96. The molecule has 2 saturated heterocycles. The molecule has 0 radical (unpaired) electrons. The molecular weight excluding hydrogens is 296 g/mol. The van der Waals surface area contributed by atoms with Gasteiger partial charge < -0.3 is 19.0 Å². The van der Waals surface area contributed by atoms with E-state index in [1.54, 1.807) is 13.0 Å². The van der Waals surface area contributed by atoms with Crippen molar-refractivity contribution >= 4 is 5.91 Å². The van der Waals surface area contributed by atoms with Crippen LogP contribution in [-0.4, -0.2) is 55.0 Å². The van der Waals surface area contributed by atoms with Gasteiger partial charge in [0.25, 0.3) is 0 Å². The monoisotopic (exact) mass is 320 g/mol. The van der Waals surface area contributed by atoms with Gasteiger partial charge in [-0.15, -0.1) is 0 Å². The molecule has 1 aromatic rings. The summed E-state index contributed by atoms with van der Waals surface area (Å²) in [5.41, 5.74) is -0.405. The van der Waals surface area contributed by atoms with Gasteiger partial charge in [-0.25, -0.2) is 4.79 Å². The summed E-state index contributed by atoms with van der Waals surface area (Å²) in [6.45, 7) is 5.03. The molecular formula is C17H24N2O4. The maximum atomic E-state index is 12.6. The lowest BCUT2D eigenvalue weighted by molar-refractivity contribution is -0.136. The number of carbonyl (C=O) groups is 1. The second-order valence-electron chi connectivity index (χ2n) is 6.61. The first-order valence-corrected chi connectivity index (χ1v) is 8.27. The molecule has 1 aromatic heterocycles. The maximum Gasteiger partial charge on any atom is 0.339 e. The van der Waals surface area contributed by atoms with Gasteiger partial charge in [0.1, 0.15) is 17.6 Å². The first-order chi connectivity index (χ1) is 11.0. The number of amides is 1. The Hall–Kier alpha value is -1.82. The second-order valence-corrected chi connectivity index (χ2v) is 6.61. The highest BCUT2D eigenvalue weighted by molar-refractivity contribution is 5.79. The van der Waals surface area contributed by atoms with Crippen LogP contribution >= 0.6 is 0 Å². The molecule has 1 atom stereocenters. The van der Waals surface area contributed by atoms with Crippen molar-refractivity contribution < 1.29 is 13.9 Å². The molecule has 1 unspecified atom stereocenters. The van der Waals surface area contributed by atoms with Gasteiger partial charge in [-0.3, -0.25) is 4.79 Å². The van der Waals surface area contributed by atoms with Crippen molar-refractivity contribution in [1.29, 1.82) is 0 Å². The van der Waals surface area contributed by atoms with Crippen LogP contribution < -0.4 is 10.4 Å². The van der Waals surface area contributed by atoms with Crippen LogP contribution in [0.5, 0.6) is 5.75 Å². The highest BCUT2D eigenvalue weighted by Gasteiger charge is 2.33. The van der Waals surface area contributed by atoms with Crippen molar-refractivity contribution in [3.63, 3.8) is 0 Å². The molecule has 0 N–H and O–H groups in total. The number of carbonyl (C=O) groups excluding carboxylic acids is 1. The zero-order chi connectivity index (χ0) is 16.4. The minimum Gasteiger partial charge on any atom is -0.488 e. The van der Waals surface area contributed by atoms with Crippen LogP contribution in [-0.2, 0) is 4.79 Å². The number of hydrogen-bond acceptors (Lipinski definition) is 5. The molecule has 0 spiro atoms. The summed E-state index contributed by atoms with van der Waals surface area (Å²) < 4.78 is 10.8. The summed E-state index contributed by atoms with van der Waals surface area (Å²) in [4.78, 5) is 28.2. The molecule has 126 valence electrons. The lowest BCUT2D eigenvalue weighted by Gasteiger charge is -2.30. The van der Waals surface area contributed by atoms with Crippen LogP contribution in [0.25, 0.3) is 0 Å². The molecule has 6 heteroatoms. The Morgan fingerprint density at radius 2 is 1.96 bits per heavy atom. The van der Waals surface area contributed by atoms with Gasteiger partial charge in [0, 0.05) is 24.9 Å². The third-order valence-corrected chi connectivity index (χ3v) is 4.69. The summed E-state index contributed by atoms with van der Waals surface area (Å²) in [7, 11) is 2.10. The fraction of sp³-hybridized carbons (Fsp3) is 0.647. The van der Waals surface area contributed by atoms with Gasteiger partial charge in [-0.1, -0.05) is 0 Å². The molecule has 3 rings (SSSR count). The number of aryl methyl sites for hydroxylation is 1. The quantitative estimate of drug-likeness (QED) is 0.839. The van der Waals surface area contributed by atoms with Crippen molar-refractivity contribution in [1.82, 2.24) is 9.80 Å². The molecule has 3 heterocycles. The number of rotatable bonds is 3. The number of piperidine rings is 1.